The smallest absolute Gasteiger partial charge is 0.270 e. The Morgan fingerprint density at radius 1 is 1.30 bits per heavy atom. The van der Waals surface area contributed by atoms with E-state index in [0.29, 0.717) is 18.8 Å². The fraction of sp³-hybridized carbons (Fsp3) is 0.706. The van der Waals surface area contributed by atoms with E-state index in [-0.39, 0.29) is 11.9 Å². The molecule has 2 rings (SSSR count). The quantitative estimate of drug-likeness (QED) is 0.840. The van der Waals surface area contributed by atoms with Crippen molar-refractivity contribution in [2.24, 2.45) is 0 Å². The van der Waals surface area contributed by atoms with E-state index in [9.17, 15) is 9.90 Å². The first-order valence-electron chi connectivity index (χ1n) is 8.39. The van der Waals surface area contributed by atoms with Crippen LogP contribution in [0.25, 0.3) is 0 Å². The second-order valence-corrected chi connectivity index (χ2v) is 6.84. The van der Waals surface area contributed by atoms with Gasteiger partial charge in [0.15, 0.2) is 0 Å². The maximum atomic E-state index is 12.6. The largest absolute Gasteiger partial charge is 0.390 e. The van der Waals surface area contributed by atoms with Crippen LogP contribution in [-0.2, 0) is 0 Å². The van der Waals surface area contributed by atoms with Crippen molar-refractivity contribution >= 4 is 5.91 Å². The molecule has 0 radical (unpaired) electrons. The zero-order chi connectivity index (χ0) is 17.0. The first-order chi connectivity index (χ1) is 10.9. The summed E-state index contributed by atoms with van der Waals surface area (Å²) >= 11 is 0. The molecule has 1 aliphatic rings. The van der Waals surface area contributed by atoms with Crippen molar-refractivity contribution in [3.05, 3.63) is 24.0 Å². The maximum absolute atomic E-state index is 12.6. The average Bonchev–Trinajstić information content (AvgIpc) is 2.98. The molecule has 1 aromatic heterocycles. The fourth-order valence-corrected chi connectivity index (χ4v) is 3.01. The summed E-state index contributed by atoms with van der Waals surface area (Å²) in [7, 11) is 3.87. The summed E-state index contributed by atoms with van der Waals surface area (Å²) in [5, 5.41) is 10.3. The van der Waals surface area contributed by atoms with Crippen LogP contribution >= 0.6 is 0 Å². The van der Waals surface area contributed by atoms with Crippen LogP contribution in [0.5, 0.6) is 0 Å². The number of aliphatic hydroxyl groups is 1. The van der Waals surface area contributed by atoms with Crippen LogP contribution in [0.2, 0.25) is 0 Å². The monoisotopic (exact) mass is 322 g/mol. The van der Waals surface area contributed by atoms with Gasteiger partial charge in [-0.3, -0.25) is 9.69 Å². The van der Waals surface area contributed by atoms with E-state index in [1.807, 2.05) is 22.9 Å². The minimum absolute atomic E-state index is 0.0406. The minimum atomic E-state index is -0.519. The fourth-order valence-electron chi connectivity index (χ4n) is 3.01. The lowest BCUT2D eigenvalue weighted by Crippen LogP contribution is -2.49. The van der Waals surface area contributed by atoms with E-state index in [1.54, 1.807) is 11.9 Å². The predicted octanol–water partition coefficient (Wildman–Crippen LogP) is 0.749. The maximum Gasteiger partial charge on any atom is 0.270 e. The van der Waals surface area contributed by atoms with E-state index >= 15 is 0 Å². The highest BCUT2D eigenvalue weighted by molar-refractivity contribution is 5.92. The molecule has 2 heterocycles. The summed E-state index contributed by atoms with van der Waals surface area (Å²) in [5.74, 6) is -0.0406. The Morgan fingerprint density at radius 3 is 2.57 bits per heavy atom. The van der Waals surface area contributed by atoms with E-state index < -0.39 is 6.10 Å². The molecule has 6 nitrogen and oxygen atoms in total. The second kappa shape index (κ2) is 7.95. The molecule has 0 bridgehead atoms. The molecule has 1 atom stereocenters. The molecule has 130 valence electrons. The Labute approximate surface area is 139 Å². The van der Waals surface area contributed by atoms with Gasteiger partial charge in [0.1, 0.15) is 5.69 Å². The van der Waals surface area contributed by atoms with Gasteiger partial charge in [-0.05, 0) is 33.0 Å². The van der Waals surface area contributed by atoms with Gasteiger partial charge in [0, 0.05) is 58.6 Å². The third-order valence-corrected chi connectivity index (χ3v) is 4.45. The number of aliphatic hydroxyl groups excluding tert-OH is 1. The van der Waals surface area contributed by atoms with Gasteiger partial charge in [0.05, 0.1) is 6.10 Å². The molecular formula is C17H30N4O2. The number of hydrogen-bond donors (Lipinski definition) is 1. The van der Waals surface area contributed by atoms with E-state index in [1.165, 1.54) is 0 Å². The zero-order valence-electron chi connectivity index (χ0n) is 14.8. The Kier molecular flexibility index (Phi) is 6.21. The van der Waals surface area contributed by atoms with Gasteiger partial charge in [-0.15, -0.1) is 0 Å². The number of carbonyl (C=O) groups is 1. The number of β-amino-alcohol motifs (C(OH)–C–C–N with tert-alkyl or cyclic N) is 1. The SMILES string of the molecule is CC(C)n1cccc1C(=O)N(C)CC(O)CN1CCN(C)CC1. The molecule has 1 saturated heterocycles. The Balaban J connectivity index is 1.86. The number of rotatable bonds is 6. The molecule has 1 N–H and O–H groups in total. The van der Waals surface area contributed by atoms with Crippen molar-refractivity contribution in [1.29, 1.82) is 0 Å². The second-order valence-electron chi connectivity index (χ2n) is 6.84. The molecule has 0 spiro atoms. The van der Waals surface area contributed by atoms with Crippen molar-refractivity contribution in [3.8, 4) is 0 Å². The van der Waals surface area contributed by atoms with Crippen LogP contribution in [0.3, 0.4) is 0 Å². The lowest BCUT2D eigenvalue weighted by molar-refractivity contribution is 0.0495. The Morgan fingerprint density at radius 2 is 1.96 bits per heavy atom. The van der Waals surface area contributed by atoms with Crippen LogP contribution in [-0.4, -0.2) is 89.7 Å². The van der Waals surface area contributed by atoms with Crippen molar-refractivity contribution in [3.63, 3.8) is 0 Å². The number of likely N-dealkylation sites (N-methyl/N-ethyl adjacent to an activating group) is 2. The summed E-state index contributed by atoms with van der Waals surface area (Å²) in [6, 6.07) is 3.97. The van der Waals surface area contributed by atoms with Crippen molar-refractivity contribution < 1.29 is 9.90 Å². The number of piperazine rings is 1. The predicted molar refractivity (Wildman–Crippen MR) is 91.7 cm³/mol. The first-order valence-corrected chi connectivity index (χ1v) is 8.39. The summed E-state index contributed by atoms with van der Waals surface area (Å²) in [6.45, 7) is 9.10. The van der Waals surface area contributed by atoms with Gasteiger partial charge in [0.25, 0.3) is 5.91 Å². The highest BCUT2D eigenvalue weighted by Crippen LogP contribution is 2.13. The molecular weight excluding hydrogens is 292 g/mol. The van der Waals surface area contributed by atoms with Crippen molar-refractivity contribution in [2.45, 2.75) is 26.0 Å². The lowest BCUT2D eigenvalue weighted by atomic mass is 10.2. The van der Waals surface area contributed by atoms with Gasteiger partial charge in [-0.2, -0.15) is 0 Å². The molecule has 1 unspecified atom stereocenters. The number of carbonyl (C=O) groups excluding carboxylic acids is 1. The highest BCUT2D eigenvalue weighted by atomic mass is 16.3. The van der Waals surface area contributed by atoms with E-state index in [0.717, 1.165) is 26.2 Å². The third-order valence-electron chi connectivity index (χ3n) is 4.45. The average molecular weight is 322 g/mol. The summed E-state index contributed by atoms with van der Waals surface area (Å²) in [5.41, 5.74) is 0.675. The minimum Gasteiger partial charge on any atom is -0.390 e. The van der Waals surface area contributed by atoms with Crippen LogP contribution in [0, 0.1) is 0 Å². The lowest BCUT2D eigenvalue weighted by Gasteiger charge is -2.34. The van der Waals surface area contributed by atoms with E-state index in [4.69, 9.17) is 0 Å². The molecule has 6 heteroatoms. The van der Waals surface area contributed by atoms with Gasteiger partial charge in [0.2, 0.25) is 0 Å². The number of amides is 1. The van der Waals surface area contributed by atoms with Gasteiger partial charge < -0.3 is 19.5 Å². The Hall–Kier alpha value is -1.37. The summed E-state index contributed by atoms with van der Waals surface area (Å²) in [4.78, 5) is 18.7. The van der Waals surface area contributed by atoms with Crippen LogP contribution in [0.4, 0.5) is 0 Å². The van der Waals surface area contributed by atoms with Crippen molar-refractivity contribution in [1.82, 2.24) is 19.3 Å². The zero-order valence-corrected chi connectivity index (χ0v) is 14.8. The molecule has 1 fully saturated rings. The van der Waals surface area contributed by atoms with Crippen LogP contribution < -0.4 is 0 Å². The van der Waals surface area contributed by atoms with E-state index in [2.05, 4.69) is 30.7 Å². The topological polar surface area (TPSA) is 52.0 Å². The van der Waals surface area contributed by atoms with Crippen LogP contribution in [0.1, 0.15) is 30.4 Å². The summed E-state index contributed by atoms with van der Waals surface area (Å²) in [6.07, 6.45) is 1.40. The molecule has 0 aliphatic carbocycles. The summed E-state index contributed by atoms with van der Waals surface area (Å²) < 4.78 is 1.96. The van der Waals surface area contributed by atoms with Gasteiger partial charge in [-0.25, -0.2) is 0 Å². The third kappa shape index (κ3) is 4.80. The van der Waals surface area contributed by atoms with Gasteiger partial charge in [-0.1, -0.05) is 0 Å². The normalized spacial score (nSPS) is 18.3. The number of nitrogens with zero attached hydrogens (tertiary/aromatic N) is 4. The van der Waals surface area contributed by atoms with Crippen molar-refractivity contribution in [2.75, 3.05) is 53.4 Å². The first kappa shape index (κ1) is 18.0. The van der Waals surface area contributed by atoms with Crippen LogP contribution in [0.15, 0.2) is 18.3 Å². The molecule has 0 saturated carbocycles. The van der Waals surface area contributed by atoms with Gasteiger partial charge >= 0.3 is 0 Å². The molecule has 1 aliphatic heterocycles. The molecule has 1 amide bonds. The molecule has 1 aromatic rings. The standard InChI is InChI=1S/C17H30N4O2/c1-14(2)21-7-5-6-16(21)17(23)19(4)12-15(22)13-20-10-8-18(3)9-11-20/h5-7,14-15,22H,8-13H2,1-4H3. The molecule has 0 aromatic carbocycles. The number of hydrogen-bond acceptors (Lipinski definition) is 4. The highest BCUT2D eigenvalue weighted by Gasteiger charge is 2.22. The Bertz CT molecular complexity index is 506. The number of aromatic nitrogens is 1. The molecule has 23 heavy (non-hydrogen) atoms.